The fraction of sp³-hybridized carbons (Fsp3) is 0.545. The van der Waals surface area contributed by atoms with E-state index < -0.39 is 0 Å². The molecule has 1 saturated heterocycles. The van der Waals surface area contributed by atoms with Crippen LogP contribution < -0.4 is 5.46 Å². The van der Waals surface area contributed by atoms with Gasteiger partial charge in [0.15, 0.2) is 5.78 Å². The molecule has 1 aliphatic rings. The summed E-state index contributed by atoms with van der Waals surface area (Å²) in [7, 11) is 2.10. The van der Waals surface area contributed by atoms with Crippen LogP contribution in [0.25, 0.3) is 10.9 Å². The number of fused-ring (bicyclic) bond motifs is 1. The summed E-state index contributed by atoms with van der Waals surface area (Å²) in [6, 6.07) is 6.33. The van der Waals surface area contributed by atoms with Gasteiger partial charge >= 0.3 is 0 Å². The summed E-state index contributed by atoms with van der Waals surface area (Å²) in [5, 5.41) is 8.12. The number of Topliss-reactive ketones (excluding diaryl/α,β-unsaturated/α-hetero) is 1. The van der Waals surface area contributed by atoms with Crippen molar-refractivity contribution < 1.29 is 9.53 Å². The number of ketones is 1. The number of likely N-dealkylation sites (tertiary alicyclic amines) is 1. The van der Waals surface area contributed by atoms with Crippen molar-refractivity contribution in [3.63, 3.8) is 0 Å². The van der Waals surface area contributed by atoms with Gasteiger partial charge in [0.1, 0.15) is 7.28 Å². The number of nitrogens with zero attached hydrogens (tertiary/aromatic N) is 2. The number of nitrogens with one attached hydrogen (secondary N) is 1. The Balaban J connectivity index is 1.54. The van der Waals surface area contributed by atoms with Crippen LogP contribution in [0.1, 0.15) is 43.0 Å². The van der Waals surface area contributed by atoms with Gasteiger partial charge in [-0.25, -0.2) is 0 Å². The van der Waals surface area contributed by atoms with Gasteiger partial charge < -0.3 is 19.6 Å². The van der Waals surface area contributed by atoms with Crippen LogP contribution in [0.2, 0.25) is 6.82 Å². The van der Waals surface area contributed by atoms with E-state index in [4.69, 9.17) is 10.1 Å². The van der Waals surface area contributed by atoms with Crippen molar-refractivity contribution in [3.8, 4) is 0 Å². The smallest absolute Gasteiger partial charge is 0.161 e. The molecule has 2 aromatic rings. The zero-order valence-corrected chi connectivity index (χ0v) is 17.1. The van der Waals surface area contributed by atoms with E-state index >= 15 is 0 Å². The Bertz CT molecular complexity index is 809. The number of carbonyl (C=O) groups excluding carboxylic acids is 1. The first-order valence-electron chi connectivity index (χ1n) is 10.4. The Labute approximate surface area is 168 Å². The number of aryl methyl sites for hydroxylation is 1. The van der Waals surface area contributed by atoms with Gasteiger partial charge in [0, 0.05) is 48.7 Å². The van der Waals surface area contributed by atoms with Crippen LogP contribution in [0.15, 0.2) is 24.4 Å². The summed E-state index contributed by atoms with van der Waals surface area (Å²) < 4.78 is 8.07. The molecule has 0 atom stereocenters. The highest BCUT2D eigenvalue weighted by molar-refractivity contribution is 6.52. The average molecular weight is 380 g/mol. The van der Waals surface area contributed by atoms with Gasteiger partial charge in [0.25, 0.3) is 0 Å². The highest BCUT2D eigenvalue weighted by Gasteiger charge is 2.19. The maximum absolute atomic E-state index is 12.0. The third kappa shape index (κ3) is 5.12. The molecule has 1 fully saturated rings. The fourth-order valence-electron chi connectivity index (χ4n) is 4.01. The molecule has 3 rings (SSSR count). The van der Waals surface area contributed by atoms with Crippen molar-refractivity contribution in [1.82, 2.24) is 9.47 Å². The van der Waals surface area contributed by atoms with Gasteiger partial charge in [-0.05, 0) is 45.0 Å². The van der Waals surface area contributed by atoms with Gasteiger partial charge in [0.05, 0.1) is 12.7 Å². The van der Waals surface area contributed by atoms with Crippen LogP contribution >= 0.6 is 0 Å². The summed E-state index contributed by atoms with van der Waals surface area (Å²) in [4.78, 5) is 14.5. The Morgan fingerprint density at radius 1 is 1.32 bits per heavy atom. The van der Waals surface area contributed by atoms with Crippen LogP contribution in [0.3, 0.4) is 0 Å². The summed E-state index contributed by atoms with van der Waals surface area (Å²) in [5.74, 6) is 0.127. The van der Waals surface area contributed by atoms with E-state index in [-0.39, 0.29) is 5.78 Å². The molecule has 1 N–H and O–H groups in total. The van der Waals surface area contributed by atoms with E-state index in [1.807, 2.05) is 13.0 Å². The van der Waals surface area contributed by atoms with Gasteiger partial charge in [-0.1, -0.05) is 24.4 Å². The Kier molecular flexibility index (Phi) is 7.46. The van der Waals surface area contributed by atoms with Crippen LogP contribution in [0.4, 0.5) is 0 Å². The molecule has 2 heterocycles. The summed E-state index contributed by atoms with van der Waals surface area (Å²) in [6.07, 6.45) is 7.73. The average Bonchev–Trinajstić information content (AvgIpc) is 3.07. The molecule has 0 saturated carbocycles. The molecule has 1 aromatic carbocycles. The number of rotatable bonds is 10. The van der Waals surface area contributed by atoms with E-state index in [0.717, 1.165) is 61.9 Å². The van der Waals surface area contributed by atoms with Gasteiger partial charge in [-0.3, -0.25) is 4.79 Å². The highest BCUT2D eigenvalue weighted by atomic mass is 16.5. The van der Waals surface area contributed by atoms with E-state index in [1.54, 1.807) is 6.92 Å². The third-order valence-corrected chi connectivity index (χ3v) is 5.64. The number of piperidine rings is 1. The molecule has 0 amide bonds. The Hall–Kier alpha value is -1.92. The lowest BCUT2D eigenvalue weighted by Crippen LogP contribution is -2.37. The molecule has 5 nitrogen and oxygen atoms in total. The van der Waals surface area contributed by atoms with Crippen LogP contribution in [0, 0.1) is 5.41 Å². The second-order valence-corrected chi connectivity index (χ2v) is 7.62. The molecular weight excluding hydrogens is 349 g/mol. The first-order valence-corrected chi connectivity index (χ1v) is 10.4. The molecule has 0 bridgehead atoms. The second kappa shape index (κ2) is 10.0. The van der Waals surface area contributed by atoms with Crippen molar-refractivity contribution >= 4 is 35.6 Å². The Morgan fingerprint density at radius 2 is 2.11 bits per heavy atom. The molecule has 0 spiro atoms. The Morgan fingerprint density at radius 3 is 2.79 bits per heavy atom. The lowest BCUT2D eigenvalue weighted by molar-refractivity contribution is 0.0109. The fourth-order valence-corrected chi connectivity index (χ4v) is 4.01. The number of ether oxygens (including phenoxy) is 1. The summed E-state index contributed by atoms with van der Waals surface area (Å²) >= 11 is 0. The predicted octanol–water partition coefficient (Wildman–Crippen LogP) is 3.13. The van der Waals surface area contributed by atoms with E-state index in [0.29, 0.717) is 19.1 Å². The molecule has 6 heteroatoms. The van der Waals surface area contributed by atoms with E-state index in [9.17, 15) is 4.79 Å². The minimum Gasteiger partial charge on any atom is -0.378 e. The number of hydrogen-bond acceptors (Lipinski definition) is 4. The number of hydrogen-bond donors (Lipinski definition) is 1. The molecular formula is C22H31BN3O2. The molecule has 0 unspecified atom stereocenters. The van der Waals surface area contributed by atoms with Crippen molar-refractivity contribution in [2.24, 2.45) is 0 Å². The van der Waals surface area contributed by atoms with E-state index in [1.165, 1.54) is 11.7 Å². The molecule has 149 valence electrons. The van der Waals surface area contributed by atoms with Crippen LogP contribution in [-0.2, 0) is 11.3 Å². The van der Waals surface area contributed by atoms with Crippen molar-refractivity contribution in [2.45, 2.75) is 52.1 Å². The zero-order chi connectivity index (χ0) is 19.9. The van der Waals surface area contributed by atoms with Crippen molar-refractivity contribution in [1.29, 1.82) is 5.41 Å². The lowest BCUT2D eigenvalue weighted by atomic mass is 9.73. The monoisotopic (exact) mass is 380 g/mol. The van der Waals surface area contributed by atoms with Gasteiger partial charge in [-0.15, -0.1) is 0 Å². The molecule has 28 heavy (non-hydrogen) atoms. The minimum absolute atomic E-state index is 0.127. The highest BCUT2D eigenvalue weighted by Crippen LogP contribution is 2.22. The maximum Gasteiger partial charge on any atom is 0.161 e. The molecule has 1 aromatic heterocycles. The van der Waals surface area contributed by atoms with Crippen molar-refractivity contribution in [3.05, 3.63) is 30.0 Å². The molecule has 0 aliphatic carbocycles. The quantitative estimate of drug-likeness (QED) is 0.298. The summed E-state index contributed by atoms with van der Waals surface area (Å²) in [5.41, 5.74) is 3.16. The minimum atomic E-state index is 0.127. The molecule has 1 radical (unpaired) electrons. The maximum atomic E-state index is 12.0. The van der Waals surface area contributed by atoms with E-state index in [2.05, 4.69) is 34.9 Å². The number of benzene rings is 1. The standard InChI is InChI=1S/C22H31BN3O2/c1-17(27)21-16-26(22-15-18(23-2)5-6-20(21)22)11-4-10-25-12-7-19(8-13-25)28-14-3-9-24/h5-6,9,15-16,19,24H,3-4,7-8,10-14H2,1-2H3. The molecule has 1 aliphatic heterocycles. The lowest BCUT2D eigenvalue weighted by Gasteiger charge is -2.31. The normalized spacial score (nSPS) is 15.8. The van der Waals surface area contributed by atoms with Gasteiger partial charge in [0.2, 0.25) is 0 Å². The first-order chi connectivity index (χ1) is 13.6. The zero-order valence-electron chi connectivity index (χ0n) is 17.1. The second-order valence-electron chi connectivity index (χ2n) is 7.62. The largest absolute Gasteiger partial charge is 0.378 e. The predicted molar refractivity (Wildman–Crippen MR) is 117 cm³/mol. The van der Waals surface area contributed by atoms with Gasteiger partial charge in [-0.2, -0.15) is 0 Å². The SMILES string of the molecule is C[B]c1ccc2c(C(C)=O)cn(CCCN3CCC(OCCC=N)CC3)c2c1. The number of aromatic nitrogens is 1. The van der Waals surface area contributed by atoms with Crippen LogP contribution in [0.5, 0.6) is 0 Å². The summed E-state index contributed by atoms with van der Waals surface area (Å²) in [6.45, 7) is 8.51. The van der Waals surface area contributed by atoms with Crippen LogP contribution in [-0.4, -0.2) is 61.1 Å². The first kappa shape index (κ1) is 20.8. The topological polar surface area (TPSA) is 58.3 Å². The third-order valence-electron chi connectivity index (χ3n) is 5.64. The van der Waals surface area contributed by atoms with Crippen molar-refractivity contribution in [2.75, 3.05) is 26.2 Å². The number of carbonyl (C=O) groups is 1.